The van der Waals surface area contributed by atoms with Crippen LogP contribution in [0, 0.1) is 0 Å². The van der Waals surface area contributed by atoms with Crippen molar-refractivity contribution >= 4 is 28.9 Å². The third-order valence-corrected chi connectivity index (χ3v) is 1.18. The van der Waals surface area contributed by atoms with Crippen molar-refractivity contribution in [2.24, 2.45) is 10.1 Å². The van der Waals surface area contributed by atoms with Crippen molar-refractivity contribution < 1.29 is 19.8 Å². The number of hydrogen-bond donors (Lipinski definition) is 3. The normalized spacial score (nSPS) is 11.2. The second kappa shape index (κ2) is 4.69. The lowest BCUT2D eigenvalue weighted by atomic mass is 10.6. The van der Waals surface area contributed by atoms with Crippen LogP contribution in [0.4, 0.5) is 0 Å². The Morgan fingerprint density at radius 1 is 1.45 bits per heavy atom. The van der Waals surface area contributed by atoms with Gasteiger partial charge in [0.15, 0.2) is 5.04 Å². The van der Waals surface area contributed by atoms with E-state index in [0.717, 1.165) is 0 Å². The van der Waals surface area contributed by atoms with Crippen LogP contribution in [0.15, 0.2) is 4.99 Å². The summed E-state index contributed by atoms with van der Waals surface area (Å²) in [6, 6.07) is 0. The number of rotatable bonds is 2. The van der Waals surface area contributed by atoms with Crippen molar-refractivity contribution in [3.8, 4) is 0 Å². The molecule has 0 aromatic rings. The molecule has 0 radical (unpaired) electrons. The van der Waals surface area contributed by atoms with Crippen LogP contribution < -0.4 is 5.14 Å². The summed E-state index contributed by atoms with van der Waals surface area (Å²) >= 11 is 0.407. The van der Waals surface area contributed by atoms with Crippen molar-refractivity contribution in [1.82, 2.24) is 0 Å². The van der Waals surface area contributed by atoms with E-state index in [1.54, 1.807) is 0 Å². The van der Waals surface area contributed by atoms with Crippen LogP contribution in [0.1, 0.15) is 0 Å². The highest BCUT2D eigenvalue weighted by Gasteiger charge is 2.07. The SMILES string of the molecule is NSC(=NCC(=O)O)C(=O)O. The molecule has 0 aromatic heterocycles. The molecule has 0 fully saturated rings. The van der Waals surface area contributed by atoms with Crippen molar-refractivity contribution in [1.29, 1.82) is 0 Å². The van der Waals surface area contributed by atoms with E-state index >= 15 is 0 Å². The predicted octanol–water partition coefficient (Wildman–Crippen LogP) is -0.839. The minimum Gasteiger partial charge on any atom is -0.480 e. The zero-order valence-electron chi connectivity index (χ0n) is 5.35. The Kier molecular flexibility index (Phi) is 4.23. The molecule has 0 unspecified atom stereocenters. The van der Waals surface area contributed by atoms with E-state index in [4.69, 9.17) is 15.4 Å². The number of aliphatic carboxylic acids is 2. The maximum absolute atomic E-state index is 10.1. The summed E-state index contributed by atoms with van der Waals surface area (Å²) in [5.41, 5.74) is 0. The smallest absolute Gasteiger partial charge is 0.362 e. The molecule has 0 saturated carbocycles. The molecule has 7 heteroatoms. The van der Waals surface area contributed by atoms with Crippen LogP contribution in [0.25, 0.3) is 0 Å². The van der Waals surface area contributed by atoms with Crippen molar-refractivity contribution in [3.05, 3.63) is 0 Å². The lowest BCUT2D eigenvalue weighted by Gasteiger charge is -1.92. The zero-order chi connectivity index (χ0) is 8.85. The summed E-state index contributed by atoms with van der Waals surface area (Å²) in [5, 5.41) is 20.8. The Hall–Kier alpha value is -1.08. The van der Waals surface area contributed by atoms with E-state index in [9.17, 15) is 9.59 Å². The molecular formula is C4H6N2O4S. The van der Waals surface area contributed by atoms with Gasteiger partial charge in [0.1, 0.15) is 6.54 Å². The molecule has 11 heavy (non-hydrogen) atoms. The third kappa shape index (κ3) is 4.34. The van der Waals surface area contributed by atoms with E-state index in [0.29, 0.717) is 11.9 Å². The molecule has 4 N–H and O–H groups in total. The highest BCUT2D eigenvalue weighted by molar-refractivity contribution is 8.13. The number of nitrogens with zero attached hydrogens (tertiary/aromatic N) is 1. The molecule has 0 amide bonds. The topological polar surface area (TPSA) is 113 Å². The fourth-order valence-corrected chi connectivity index (χ4v) is 0.535. The van der Waals surface area contributed by atoms with Crippen molar-refractivity contribution in [2.75, 3.05) is 6.54 Å². The van der Waals surface area contributed by atoms with Gasteiger partial charge in [-0.3, -0.25) is 14.9 Å². The number of carboxylic acid groups (broad SMARTS) is 2. The van der Waals surface area contributed by atoms with Gasteiger partial charge < -0.3 is 10.2 Å². The lowest BCUT2D eigenvalue weighted by Crippen LogP contribution is -2.13. The molecule has 0 aliphatic carbocycles. The van der Waals surface area contributed by atoms with Gasteiger partial charge in [-0.2, -0.15) is 0 Å². The van der Waals surface area contributed by atoms with Crippen LogP contribution in [-0.4, -0.2) is 33.7 Å². The first kappa shape index (κ1) is 9.92. The second-order valence-corrected chi connectivity index (χ2v) is 2.06. The Morgan fingerprint density at radius 2 is 2.00 bits per heavy atom. The third-order valence-electron chi connectivity index (χ3n) is 0.653. The van der Waals surface area contributed by atoms with Gasteiger partial charge in [-0.05, 0) is 11.9 Å². The Labute approximate surface area is 66.2 Å². The molecule has 0 rings (SSSR count). The quantitative estimate of drug-likeness (QED) is 0.288. The van der Waals surface area contributed by atoms with Gasteiger partial charge in [-0.25, -0.2) is 4.79 Å². The van der Waals surface area contributed by atoms with Crippen LogP contribution in [0.5, 0.6) is 0 Å². The first-order valence-electron chi connectivity index (χ1n) is 2.44. The molecule has 0 aliphatic rings. The summed E-state index contributed by atoms with van der Waals surface area (Å²) in [6.45, 7) is -0.578. The molecule has 0 atom stereocenters. The average Bonchev–Trinajstić information content (AvgIpc) is 1.87. The maximum Gasteiger partial charge on any atom is 0.362 e. The first-order valence-corrected chi connectivity index (χ1v) is 3.32. The maximum atomic E-state index is 10.1. The Balaban J connectivity index is 4.13. The monoisotopic (exact) mass is 178 g/mol. The highest BCUT2D eigenvalue weighted by atomic mass is 32.2. The van der Waals surface area contributed by atoms with E-state index in [2.05, 4.69) is 4.99 Å². The van der Waals surface area contributed by atoms with E-state index in [1.165, 1.54) is 0 Å². The molecular weight excluding hydrogens is 172 g/mol. The van der Waals surface area contributed by atoms with Gasteiger partial charge in [0.2, 0.25) is 0 Å². The minimum atomic E-state index is -1.32. The second-order valence-electron chi connectivity index (χ2n) is 1.44. The Morgan fingerprint density at radius 3 is 2.27 bits per heavy atom. The van der Waals surface area contributed by atoms with Crippen LogP contribution in [-0.2, 0) is 9.59 Å². The van der Waals surface area contributed by atoms with Gasteiger partial charge in [0, 0.05) is 0 Å². The van der Waals surface area contributed by atoms with Gasteiger partial charge in [0.25, 0.3) is 0 Å². The fraction of sp³-hybridized carbons (Fsp3) is 0.250. The number of hydrogen-bond acceptors (Lipinski definition) is 5. The molecule has 0 saturated heterocycles. The van der Waals surface area contributed by atoms with Gasteiger partial charge >= 0.3 is 11.9 Å². The van der Waals surface area contributed by atoms with Crippen LogP contribution in [0.3, 0.4) is 0 Å². The lowest BCUT2D eigenvalue weighted by molar-refractivity contribution is -0.135. The largest absolute Gasteiger partial charge is 0.480 e. The van der Waals surface area contributed by atoms with Crippen LogP contribution >= 0.6 is 11.9 Å². The molecule has 0 heterocycles. The van der Waals surface area contributed by atoms with E-state index in [-0.39, 0.29) is 0 Å². The summed E-state index contributed by atoms with van der Waals surface area (Å²) in [6.07, 6.45) is 0. The first-order chi connectivity index (χ1) is 5.07. The number of carbonyl (C=O) groups is 2. The molecule has 6 nitrogen and oxygen atoms in total. The van der Waals surface area contributed by atoms with Gasteiger partial charge in [0.05, 0.1) is 0 Å². The summed E-state index contributed by atoms with van der Waals surface area (Å²) in [7, 11) is 0. The standard InChI is InChI=1S/C4H6N2O4S/c5-11-3(4(9)10)6-1-2(7)8/h1,5H2,(H,7,8)(H,9,10). The fourth-order valence-electron chi connectivity index (χ4n) is 0.295. The van der Waals surface area contributed by atoms with E-state index in [1.807, 2.05) is 0 Å². The average molecular weight is 178 g/mol. The minimum absolute atomic E-state index is 0.407. The molecule has 0 spiro atoms. The van der Waals surface area contributed by atoms with Crippen LogP contribution in [0.2, 0.25) is 0 Å². The highest BCUT2D eigenvalue weighted by Crippen LogP contribution is 1.93. The number of carboxylic acids is 2. The summed E-state index contributed by atoms with van der Waals surface area (Å²) in [4.78, 5) is 23.2. The molecule has 0 bridgehead atoms. The van der Waals surface area contributed by atoms with Crippen molar-refractivity contribution in [2.45, 2.75) is 0 Å². The summed E-state index contributed by atoms with van der Waals surface area (Å²) < 4.78 is 0. The number of aliphatic imine (C=N–C) groups is 1. The molecule has 0 aliphatic heterocycles. The van der Waals surface area contributed by atoms with Crippen molar-refractivity contribution in [3.63, 3.8) is 0 Å². The zero-order valence-corrected chi connectivity index (χ0v) is 6.17. The van der Waals surface area contributed by atoms with Gasteiger partial charge in [-0.15, -0.1) is 0 Å². The summed E-state index contributed by atoms with van der Waals surface area (Å²) in [5.74, 6) is -2.52. The Bertz CT molecular complexity index is 202. The van der Waals surface area contributed by atoms with Gasteiger partial charge in [-0.1, -0.05) is 0 Å². The van der Waals surface area contributed by atoms with E-state index < -0.39 is 23.5 Å². The number of nitrogens with two attached hydrogens (primary N) is 1. The predicted molar refractivity (Wildman–Crippen MR) is 39.4 cm³/mol. The molecule has 0 aromatic carbocycles. The molecule has 62 valence electrons.